The van der Waals surface area contributed by atoms with Gasteiger partial charge in [0.2, 0.25) is 0 Å². The zero-order valence-corrected chi connectivity index (χ0v) is 10.3. The normalized spacial score (nSPS) is 10.9. The number of fused-ring (bicyclic) bond motifs is 1. The van der Waals surface area contributed by atoms with E-state index in [1.54, 1.807) is 6.20 Å². The molecule has 2 aromatic heterocycles. The van der Waals surface area contributed by atoms with E-state index in [-0.39, 0.29) is 0 Å². The number of hydrogen-bond acceptors (Lipinski definition) is 2. The van der Waals surface area contributed by atoms with Crippen LogP contribution in [-0.4, -0.2) is 21.1 Å². The highest BCUT2D eigenvalue weighted by Gasteiger charge is 2.01. The number of imidazole rings is 1. The molecule has 92 valence electrons. The van der Waals surface area contributed by atoms with Gasteiger partial charge in [0, 0.05) is 43.0 Å². The highest BCUT2D eigenvalue weighted by Crippen LogP contribution is 2.19. The minimum Gasteiger partial charge on any atom is -0.493 e. The zero-order valence-electron chi connectivity index (χ0n) is 10.3. The van der Waals surface area contributed by atoms with Crippen molar-refractivity contribution in [1.29, 1.82) is 0 Å². The fourth-order valence-corrected chi connectivity index (χ4v) is 2.02. The quantitative estimate of drug-likeness (QED) is 0.762. The first kappa shape index (κ1) is 10.9. The molecular formula is C14H15N3O. The Morgan fingerprint density at radius 1 is 1.33 bits per heavy atom. The van der Waals surface area contributed by atoms with Gasteiger partial charge in [-0.15, -0.1) is 0 Å². The van der Waals surface area contributed by atoms with Crippen LogP contribution in [0.2, 0.25) is 0 Å². The molecule has 1 aromatic carbocycles. The van der Waals surface area contributed by atoms with Crippen molar-refractivity contribution in [3.05, 3.63) is 48.7 Å². The molecule has 1 N–H and O–H groups in total. The Kier molecular flexibility index (Phi) is 2.76. The molecule has 0 fully saturated rings. The molecule has 18 heavy (non-hydrogen) atoms. The third-order valence-corrected chi connectivity index (χ3v) is 3.04. The van der Waals surface area contributed by atoms with Crippen LogP contribution in [0.5, 0.6) is 5.75 Å². The van der Waals surface area contributed by atoms with Crippen LogP contribution in [0.4, 0.5) is 0 Å². The average Bonchev–Trinajstić information content (AvgIpc) is 2.98. The third-order valence-electron chi connectivity index (χ3n) is 3.04. The lowest BCUT2D eigenvalue weighted by atomic mass is 10.2. The lowest BCUT2D eigenvalue weighted by Crippen LogP contribution is -2.06. The van der Waals surface area contributed by atoms with Crippen molar-refractivity contribution in [3.63, 3.8) is 0 Å². The van der Waals surface area contributed by atoms with Crippen LogP contribution in [-0.2, 0) is 13.5 Å². The van der Waals surface area contributed by atoms with E-state index in [1.807, 2.05) is 48.3 Å². The van der Waals surface area contributed by atoms with Gasteiger partial charge in [-0.3, -0.25) is 0 Å². The second-order valence-electron chi connectivity index (χ2n) is 4.28. The maximum atomic E-state index is 5.74. The summed E-state index contributed by atoms with van der Waals surface area (Å²) in [4.78, 5) is 7.43. The number of hydrogen-bond donors (Lipinski definition) is 1. The highest BCUT2D eigenvalue weighted by atomic mass is 16.5. The van der Waals surface area contributed by atoms with Crippen LogP contribution < -0.4 is 4.74 Å². The molecule has 2 heterocycles. The van der Waals surface area contributed by atoms with Gasteiger partial charge >= 0.3 is 0 Å². The van der Waals surface area contributed by atoms with E-state index in [9.17, 15) is 0 Å². The molecule has 3 rings (SSSR count). The molecule has 0 saturated heterocycles. The van der Waals surface area contributed by atoms with Crippen molar-refractivity contribution in [1.82, 2.24) is 14.5 Å². The number of aromatic nitrogens is 3. The molecule has 0 radical (unpaired) electrons. The molecule has 0 aliphatic carbocycles. The van der Waals surface area contributed by atoms with Crippen molar-refractivity contribution < 1.29 is 4.74 Å². The second-order valence-corrected chi connectivity index (χ2v) is 4.28. The molecule has 0 atom stereocenters. The van der Waals surface area contributed by atoms with Crippen molar-refractivity contribution >= 4 is 10.9 Å². The van der Waals surface area contributed by atoms with Gasteiger partial charge in [0.1, 0.15) is 11.6 Å². The Morgan fingerprint density at radius 3 is 3.11 bits per heavy atom. The summed E-state index contributed by atoms with van der Waals surface area (Å²) in [5.74, 6) is 1.94. The molecule has 0 spiro atoms. The van der Waals surface area contributed by atoms with Crippen molar-refractivity contribution in [2.24, 2.45) is 7.05 Å². The first-order valence-corrected chi connectivity index (χ1v) is 5.99. The second kappa shape index (κ2) is 4.56. The van der Waals surface area contributed by atoms with Gasteiger partial charge in [0.15, 0.2) is 0 Å². The van der Waals surface area contributed by atoms with Crippen molar-refractivity contribution in [3.8, 4) is 5.75 Å². The Labute approximate surface area is 105 Å². The predicted molar refractivity (Wildman–Crippen MR) is 70.7 cm³/mol. The smallest absolute Gasteiger partial charge is 0.120 e. The molecule has 0 amide bonds. The SMILES string of the molecule is Cn1ccnc1CCOc1ccc2[nH]ccc2c1. The lowest BCUT2D eigenvalue weighted by Gasteiger charge is -2.06. The summed E-state index contributed by atoms with van der Waals surface area (Å²) in [7, 11) is 1.99. The van der Waals surface area contributed by atoms with Crippen LogP contribution in [0.3, 0.4) is 0 Å². The Hall–Kier alpha value is -2.23. The number of nitrogens with one attached hydrogen (secondary N) is 1. The van der Waals surface area contributed by atoms with Crippen LogP contribution in [0.1, 0.15) is 5.82 Å². The monoisotopic (exact) mass is 241 g/mol. The molecule has 4 heteroatoms. The maximum absolute atomic E-state index is 5.74. The van der Waals surface area contributed by atoms with Crippen molar-refractivity contribution in [2.45, 2.75) is 6.42 Å². The van der Waals surface area contributed by atoms with Gasteiger partial charge in [-0.2, -0.15) is 0 Å². The van der Waals surface area contributed by atoms with Crippen LogP contribution in [0.25, 0.3) is 10.9 Å². The lowest BCUT2D eigenvalue weighted by molar-refractivity contribution is 0.318. The number of H-pyrrole nitrogens is 1. The third kappa shape index (κ3) is 2.09. The molecular weight excluding hydrogens is 226 g/mol. The van der Waals surface area contributed by atoms with Gasteiger partial charge < -0.3 is 14.3 Å². The van der Waals surface area contributed by atoms with Crippen LogP contribution in [0, 0.1) is 0 Å². The van der Waals surface area contributed by atoms with E-state index in [4.69, 9.17) is 4.74 Å². The number of benzene rings is 1. The minimum absolute atomic E-state index is 0.640. The maximum Gasteiger partial charge on any atom is 0.120 e. The van der Waals surface area contributed by atoms with E-state index in [0.29, 0.717) is 6.61 Å². The Balaban J connectivity index is 1.64. The summed E-state index contributed by atoms with van der Waals surface area (Å²) < 4.78 is 7.76. The van der Waals surface area contributed by atoms with E-state index < -0.39 is 0 Å². The van der Waals surface area contributed by atoms with Crippen LogP contribution in [0.15, 0.2) is 42.9 Å². The highest BCUT2D eigenvalue weighted by molar-refractivity contribution is 5.80. The summed E-state index contributed by atoms with van der Waals surface area (Å²) >= 11 is 0. The van der Waals surface area contributed by atoms with E-state index >= 15 is 0 Å². The molecule has 0 bridgehead atoms. The number of aromatic amines is 1. The van der Waals surface area contributed by atoms with Gasteiger partial charge in [-0.05, 0) is 24.3 Å². The molecule has 0 saturated carbocycles. The largest absolute Gasteiger partial charge is 0.493 e. The first-order valence-electron chi connectivity index (χ1n) is 5.99. The molecule has 4 nitrogen and oxygen atoms in total. The topological polar surface area (TPSA) is 42.8 Å². The Bertz CT molecular complexity index is 654. The molecule has 0 unspecified atom stereocenters. The van der Waals surface area contributed by atoms with Gasteiger partial charge in [0.05, 0.1) is 6.61 Å². The fraction of sp³-hybridized carbons (Fsp3) is 0.214. The fourth-order valence-electron chi connectivity index (χ4n) is 2.02. The van der Waals surface area contributed by atoms with Gasteiger partial charge in [0.25, 0.3) is 0 Å². The zero-order chi connectivity index (χ0) is 12.4. The number of aryl methyl sites for hydroxylation is 1. The molecule has 0 aliphatic heterocycles. The summed E-state index contributed by atoms with van der Waals surface area (Å²) in [5.41, 5.74) is 1.13. The minimum atomic E-state index is 0.640. The number of nitrogens with zero attached hydrogens (tertiary/aromatic N) is 2. The summed E-state index contributed by atoms with van der Waals surface area (Å²) in [6.07, 6.45) is 6.50. The number of rotatable bonds is 4. The summed E-state index contributed by atoms with van der Waals surface area (Å²) in [6, 6.07) is 8.11. The summed E-state index contributed by atoms with van der Waals surface area (Å²) in [5, 5.41) is 1.17. The Morgan fingerprint density at radius 2 is 2.28 bits per heavy atom. The van der Waals surface area contributed by atoms with E-state index in [0.717, 1.165) is 23.5 Å². The summed E-state index contributed by atoms with van der Waals surface area (Å²) in [6.45, 7) is 0.640. The average molecular weight is 241 g/mol. The van der Waals surface area contributed by atoms with Gasteiger partial charge in [-0.1, -0.05) is 0 Å². The van der Waals surface area contributed by atoms with E-state index in [2.05, 4.69) is 9.97 Å². The number of ether oxygens (including phenoxy) is 1. The molecule has 3 aromatic rings. The van der Waals surface area contributed by atoms with E-state index in [1.165, 1.54) is 5.39 Å². The first-order chi connectivity index (χ1) is 8.83. The predicted octanol–water partition coefficient (Wildman–Crippen LogP) is 2.52. The van der Waals surface area contributed by atoms with Gasteiger partial charge in [-0.25, -0.2) is 4.98 Å². The standard InChI is InChI=1S/C14H15N3O/c1-17-8-7-16-14(17)5-9-18-12-2-3-13-11(10-12)4-6-15-13/h2-4,6-8,10,15H,5,9H2,1H3. The van der Waals surface area contributed by atoms with Crippen molar-refractivity contribution in [2.75, 3.05) is 6.61 Å². The molecule has 0 aliphatic rings. The van der Waals surface area contributed by atoms with Crippen LogP contribution >= 0.6 is 0 Å².